The minimum absolute atomic E-state index is 0.00547. The molecule has 228 valence electrons. The molecule has 0 unspecified atom stereocenters. The number of hydrogen-bond donors (Lipinski definition) is 0. The van der Waals surface area contributed by atoms with Gasteiger partial charge in [-0.15, -0.1) is 0 Å². The normalized spacial score (nSPS) is 16.7. The van der Waals surface area contributed by atoms with E-state index in [-0.39, 0.29) is 18.3 Å². The summed E-state index contributed by atoms with van der Waals surface area (Å²) in [6, 6.07) is 31.1. The van der Waals surface area contributed by atoms with E-state index < -0.39 is 5.92 Å². The van der Waals surface area contributed by atoms with E-state index >= 15 is 8.78 Å². The predicted molar refractivity (Wildman–Crippen MR) is 172 cm³/mol. The first-order valence-electron chi connectivity index (χ1n) is 15.3. The summed E-state index contributed by atoms with van der Waals surface area (Å²) in [4.78, 5) is 2.37. The fourth-order valence-electron chi connectivity index (χ4n) is 6.52. The zero-order chi connectivity index (χ0) is 30.7. The molecule has 0 amide bonds. The zero-order valence-electron chi connectivity index (χ0n) is 25.6. The lowest BCUT2D eigenvalue weighted by atomic mass is 9.77. The molecule has 0 spiro atoms. The summed E-state index contributed by atoms with van der Waals surface area (Å²) >= 11 is 0. The highest BCUT2D eigenvalue weighted by Crippen LogP contribution is 2.51. The van der Waals surface area contributed by atoms with Gasteiger partial charge in [-0.05, 0) is 77.4 Å². The van der Waals surface area contributed by atoms with Crippen LogP contribution >= 0.6 is 0 Å². The summed E-state index contributed by atoms with van der Waals surface area (Å²) in [6.07, 6.45) is 1.40. The number of hydrogen-bond acceptors (Lipinski definition) is 4. The van der Waals surface area contributed by atoms with Crippen molar-refractivity contribution in [2.24, 2.45) is 5.92 Å². The van der Waals surface area contributed by atoms with E-state index in [9.17, 15) is 0 Å². The molecule has 1 heterocycles. The van der Waals surface area contributed by atoms with Crippen molar-refractivity contribution < 1.29 is 23.0 Å². The topological polar surface area (TPSA) is 30.9 Å². The molecule has 0 N–H and O–H groups in total. The largest absolute Gasteiger partial charge is 0.489 e. The number of benzene rings is 4. The van der Waals surface area contributed by atoms with Gasteiger partial charge in [0.25, 0.3) is 5.92 Å². The summed E-state index contributed by atoms with van der Waals surface area (Å²) < 4.78 is 48.9. The molecule has 1 fully saturated rings. The monoisotopic (exact) mass is 595 g/mol. The number of nitrogens with zero attached hydrogens (tertiary/aromatic N) is 1. The van der Waals surface area contributed by atoms with Crippen LogP contribution in [0.4, 0.5) is 14.5 Å². The summed E-state index contributed by atoms with van der Waals surface area (Å²) in [7, 11) is 3.38. The molecule has 1 aliphatic carbocycles. The number of fused-ring (bicyclic) bond motifs is 1. The Hall–Kier alpha value is -4.00. The van der Waals surface area contributed by atoms with Crippen molar-refractivity contribution in [2.75, 3.05) is 32.2 Å². The van der Waals surface area contributed by atoms with Crippen molar-refractivity contribution in [3.8, 4) is 5.75 Å². The third-order valence-corrected chi connectivity index (χ3v) is 8.91. The second-order valence-corrected chi connectivity index (χ2v) is 11.8. The fraction of sp³-hybridized carbons (Fsp3) is 0.316. The molecule has 0 atom stereocenters. The van der Waals surface area contributed by atoms with Crippen LogP contribution < -0.4 is 9.64 Å². The Kier molecular flexibility index (Phi) is 8.83. The second kappa shape index (κ2) is 12.9. The third-order valence-electron chi connectivity index (χ3n) is 8.91. The molecule has 0 saturated carbocycles. The van der Waals surface area contributed by atoms with Gasteiger partial charge in [0.05, 0.1) is 0 Å². The summed E-state index contributed by atoms with van der Waals surface area (Å²) in [6.45, 7) is 4.14. The van der Waals surface area contributed by atoms with Crippen LogP contribution in [0.2, 0.25) is 0 Å². The van der Waals surface area contributed by atoms with Crippen LogP contribution in [-0.2, 0) is 22.0 Å². The number of alkyl halides is 2. The minimum Gasteiger partial charge on any atom is -0.489 e. The van der Waals surface area contributed by atoms with Crippen LogP contribution in [0.5, 0.6) is 5.75 Å². The predicted octanol–water partition coefficient (Wildman–Crippen LogP) is 8.86. The van der Waals surface area contributed by atoms with Gasteiger partial charge in [-0.2, -0.15) is 0 Å². The molecular formula is C38H39F2NO3. The van der Waals surface area contributed by atoms with Gasteiger partial charge in [-0.1, -0.05) is 78.4 Å². The van der Waals surface area contributed by atoms with E-state index in [4.69, 9.17) is 14.2 Å². The molecule has 1 aliphatic heterocycles. The van der Waals surface area contributed by atoms with Crippen LogP contribution in [-0.4, -0.2) is 33.6 Å². The van der Waals surface area contributed by atoms with Crippen molar-refractivity contribution in [3.63, 3.8) is 0 Å². The average molecular weight is 596 g/mol. The smallest absolute Gasteiger partial charge is 0.278 e. The van der Waals surface area contributed by atoms with Crippen LogP contribution in [0.1, 0.15) is 52.6 Å². The van der Waals surface area contributed by atoms with Crippen LogP contribution in [0.15, 0.2) is 97.1 Å². The first-order chi connectivity index (χ1) is 21.4. The Bertz CT molecular complexity index is 1590. The maximum absolute atomic E-state index is 16.0. The van der Waals surface area contributed by atoms with Crippen molar-refractivity contribution in [2.45, 2.75) is 45.0 Å². The van der Waals surface area contributed by atoms with Gasteiger partial charge in [0.2, 0.25) is 0 Å². The number of anilines is 1. The Morgan fingerprint density at radius 3 is 2.14 bits per heavy atom. The van der Waals surface area contributed by atoms with Gasteiger partial charge in [-0.3, -0.25) is 0 Å². The number of methoxy groups -OCH3 is 2. The molecule has 44 heavy (non-hydrogen) atoms. The molecule has 4 aromatic carbocycles. The van der Waals surface area contributed by atoms with Crippen LogP contribution in [0, 0.1) is 12.8 Å². The first kappa shape index (κ1) is 30.0. The van der Waals surface area contributed by atoms with Crippen LogP contribution in [0.3, 0.4) is 0 Å². The van der Waals surface area contributed by atoms with Gasteiger partial charge in [0.1, 0.15) is 12.4 Å². The number of ether oxygens (including phenoxy) is 3. The van der Waals surface area contributed by atoms with E-state index in [1.54, 1.807) is 20.3 Å². The van der Waals surface area contributed by atoms with E-state index in [1.807, 2.05) is 67.6 Å². The van der Waals surface area contributed by atoms with Gasteiger partial charge >= 0.3 is 0 Å². The maximum atomic E-state index is 16.0. The summed E-state index contributed by atoms with van der Waals surface area (Å²) in [5, 5.41) is 0. The Labute approximate surface area is 258 Å². The third kappa shape index (κ3) is 6.28. The fourth-order valence-corrected chi connectivity index (χ4v) is 6.52. The van der Waals surface area contributed by atoms with Crippen molar-refractivity contribution >= 4 is 16.8 Å². The van der Waals surface area contributed by atoms with Gasteiger partial charge < -0.3 is 19.1 Å². The van der Waals surface area contributed by atoms with E-state index in [0.717, 1.165) is 59.4 Å². The van der Waals surface area contributed by atoms with Crippen molar-refractivity contribution in [3.05, 3.63) is 130 Å². The molecule has 4 aromatic rings. The number of rotatable bonds is 9. The highest BCUT2D eigenvalue weighted by molar-refractivity contribution is 6.01. The lowest BCUT2D eigenvalue weighted by Gasteiger charge is -2.36. The first-order valence-corrected chi connectivity index (χ1v) is 15.3. The van der Waals surface area contributed by atoms with E-state index in [1.165, 1.54) is 6.07 Å². The molecule has 6 rings (SSSR count). The maximum Gasteiger partial charge on any atom is 0.278 e. The number of halogens is 2. The number of allylic oxidation sites excluding steroid dienone is 1. The molecule has 6 heteroatoms. The number of aryl methyl sites for hydroxylation is 1. The van der Waals surface area contributed by atoms with E-state index in [0.29, 0.717) is 29.4 Å². The molecule has 2 aliphatic rings. The lowest BCUT2D eigenvalue weighted by Crippen LogP contribution is -2.39. The Balaban J connectivity index is 1.33. The molecular weight excluding hydrogens is 556 g/mol. The Morgan fingerprint density at radius 1 is 0.818 bits per heavy atom. The minimum atomic E-state index is -3.04. The van der Waals surface area contributed by atoms with Crippen molar-refractivity contribution in [1.82, 2.24) is 0 Å². The molecule has 0 bridgehead atoms. The molecule has 1 saturated heterocycles. The van der Waals surface area contributed by atoms with Crippen molar-refractivity contribution in [1.29, 1.82) is 0 Å². The van der Waals surface area contributed by atoms with Gasteiger partial charge in [0, 0.05) is 50.9 Å². The molecule has 4 nitrogen and oxygen atoms in total. The lowest BCUT2D eigenvalue weighted by molar-refractivity contribution is -0.141. The summed E-state index contributed by atoms with van der Waals surface area (Å²) in [5.41, 5.74) is 6.99. The highest BCUT2D eigenvalue weighted by Gasteiger charge is 2.41. The van der Waals surface area contributed by atoms with E-state index in [2.05, 4.69) is 29.2 Å². The van der Waals surface area contributed by atoms with Crippen LogP contribution in [0.25, 0.3) is 11.1 Å². The average Bonchev–Trinajstić information content (AvgIpc) is 3.05. The zero-order valence-corrected chi connectivity index (χ0v) is 25.6. The SMILES string of the molecule is COC(OC)C1CCN(c2ccc(C3=C(c4ccc(C)cc4)CC(F)(F)c4cc(OCc5ccccc5)ccc43)cc2)CC1. The molecule has 0 aromatic heterocycles. The van der Waals surface area contributed by atoms with Gasteiger partial charge in [0.15, 0.2) is 6.29 Å². The highest BCUT2D eigenvalue weighted by atomic mass is 19.3. The quantitative estimate of drug-likeness (QED) is 0.181. The standard InChI is InChI=1S/C38H39F2NO3/c1-26-9-11-28(12-10-26)34-24-38(39,40)35-23-32(44-25-27-7-5-4-6-8-27)17-18-33(35)36(34)29-13-15-31(16-14-29)41-21-19-30(20-22-41)37(42-2)43-3/h4-18,23,30,37H,19-22,24-25H2,1-3H3. The summed E-state index contributed by atoms with van der Waals surface area (Å²) in [5.74, 6) is -2.24. The second-order valence-electron chi connectivity index (χ2n) is 11.8. The Morgan fingerprint density at radius 2 is 1.48 bits per heavy atom. The molecule has 0 radical (unpaired) electrons. The van der Waals surface area contributed by atoms with Gasteiger partial charge in [-0.25, -0.2) is 8.78 Å². The number of piperidine rings is 1.